The van der Waals surface area contributed by atoms with Gasteiger partial charge in [0.05, 0.1) is 11.1 Å². The number of nitrogens with zero attached hydrogens (tertiary/aromatic N) is 1. The number of benzene rings is 4. The second-order valence-electron chi connectivity index (χ2n) is 9.42. The molecule has 0 bridgehead atoms. The van der Waals surface area contributed by atoms with E-state index in [0.717, 1.165) is 33.9 Å². The molecule has 0 aliphatic carbocycles. The highest BCUT2D eigenvalue weighted by Crippen LogP contribution is 2.39. The van der Waals surface area contributed by atoms with Crippen LogP contribution in [-0.4, -0.2) is 11.0 Å². The van der Waals surface area contributed by atoms with Crippen molar-refractivity contribution in [2.45, 2.75) is 25.4 Å². The van der Waals surface area contributed by atoms with E-state index in [1.165, 1.54) is 12.3 Å². The van der Waals surface area contributed by atoms with Crippen LogP contribution in [0.2, 0.25) is 0 Å². The van der Waals surface area contributed by atoms with Crippen molar-refractivity contribution < 1.29 is 23.1 Å². The van der Waals surface area contributed by atoms with Crippen LogP contribution in [0, 0.1) is 11.8 Å². The quantitative estimate of drug-likeness (QED) is 0.231. The molecule has 0 unspecified atom stereocenters. The predicted octanol–water partition coefficient (Wildman–Crippen LogP) is 6.59. The van der Waals surface area contributed by atoms with Gasteiger partial charge in [0.25, 0.3) is 0 Å². The lowest BCUT2D eigenvalue weighted by Gasteiger charge is -2.16. The number of fused-ring (bicyclic) bond motifs is 1. The summed E-state index contributed by atoms with van der Waals surface area (Å²) < 4.78 is 41.6. The van der Waals surface area contributed by atoms with Crippen molar-refractivity contribution in [1.82, 2.24) is 4.98 Å². The number of carboxylic acids is 1. The molecule has 5 rings (SSSR count). The zero-order valence-electron chi connectivity index (χ0n) is 21.3. The van der Waals surface area contributed by atoms with E-state index < -0.39 is 17.7 Å². The first-order chi connectivity index (χ1) is 19.3. The molecule has 0 saturated heterocycles. The molecule has 198 valence electrons. The van der Waals surface area contributed by atoms with E-state index in [-0.39, 0.29) is 11.9 Å². The fraction of sp³-hybridized carbons (Fsp3) is 0.118. The summed E-state index contributed by atoms with van der Waals surface area (Å²) in [7, 11) is 0. The summed E-state index contributed by atoms with van der Waals surface area (Å²) in [6.07, 6.45) is -2.21. The molecule has 4 aromatic carbocycles. The standard InChI is InChI=1S/C34H24F3NO2/c35-34(36,37)30-14-6-13-29-32(28(22-38-33(29)30)21-23-7-2-1-3-8-23)27-12-5-11-26(20-27)16-15-24-9-4-10-25(19-24)17-18-31(39)40/h1-14,19-20,22H,17-18,21H2,(H,39,40)/p-1. The summed E-state index contributed by atoms with van der Waals surface area (Å²) in [5.74, 6) is 5.15. The molecule has 0 aliphatic rings. The fourth-order valence-corrected chi connectivity index (χ4v) is 4.73. The number of hydrogen-bond donors (Lipinski definition) is 0. The molecule has 40 heavy (non-hydrogen) atoms. The van der Waals surface area contributed by atoms with Gasteiger partial charge >= 0.3 is 6.18 Å². The van der Waals surface area contributed by atoms with Crippen molar-refractivity contribution in [3.63, 3.8) is 0 Å². The van der Waals surface area contributed by atoms with Crippen LogP contribution < -0.4 is 5.11 Å². The Morgan fingerprint density at radius 3 is 2.20 bits per heavy atom. The van der Waals surface area contributed by atoms with Crippen molar-refractivity contribution in [3.8, 4) is 23.0 Å². The average Bonchev–Trinajstić information content (AvgIpc) is 2.95. The topological polar surface area (TPSA) is 53.0 Å². The largest absolute Gasteiger partial charge is 0.550 e. The van der Waals surface area contributed by atoms with Gasteiger partial charge in [-0.2, -0.15) is 13.2 Å². The molecule has 3 nitrogen and oxygen atoms in total. The highest BCUT2D eigenvalue weighted by molar-refractivity contribution is 5.98. The number of carbonyl (C=O) groups is 1. The molecule has 0 spiro atoms. The van der Waals surface area contributed by atoms with Gasteiger partial charge < -0.3 is 9.90 Å². The van der Waals surface area contributed by atoms with Crippen molar-refractivity contribution in [3.05, 3.63) is 137 Å². The van der Waals surface area contributed by atoms with Gasteiger partial charge in [-0.15, -0.1) is 0 Å². The second-order valence-corrected chi connectivity index (χ2v) is 9.42. The Labute approximate surface area is 230 Å². The fourth-order valence-electron chi connectivity index (χ4n) is 4.73. The third-order valence-electron chi connectivity index (χ3n) is 6.57. The summed E-state index contributed by atoms with van der Waals surface area (Å²) in [6.45, 7) is 0. The molecule has 0 fully saturated rings. The Balaban J connectivity index is 1.59. The molecular formula is C34H23F3NO2-. The summed E-state index contributed by atoms with van der Waals surface area (Å²) >= 11 is 0. The second kappa shape index (κ2) is 11.5. The Hall–Kier alpha value is -4.89. The molecular weight excluding hydrogens is 511 g/mol. The zero-order valence-corrected chi connectivity index (χ0v) is 21.3. The third kappa shape index (κ3) is 6.22. The first-order valence-electron chi connectivity index (χ1n) is 12.7. The summed E-state index contributed by atoms with van der Waals surface area (Å²) in [5.41, 5.74) is 4.67. The van der Waals surface area contributed by atoms with Crippen LogP contribution >= 0.6 is 0 Å². The van der Waals surface area contributed by atoms with Crippen LogP contribution in [0.25, 0.3) is 22.0 Å². The van der Waals surface area contributed by atoms with E-state index in [0.29, 0.717) is 29.4 Å². The van der Waals surface area contributed by atoms with E-state index in [9.17, 15) is 23.1 Å². The van der Waals surface area contributed by atoms with Gasteiger partial charge in [-0.25, -0.2) is 0 Å². The van der Waals surface area contributed by atoms with Crippen LogP contribution in [0.3, 0.4) is 0 Å². The number of alkyl halides is 3. The molecule has 0 saturated carbocycles. The molecule has 0 N–H and O–H groups in total. The normalized spacial score (nSPS) is 11.2. The molecule has 0 amide bonds. The minimum absolute atomic E-state index is 0.0693. The Bertz CT molecular complexity index is 1750. The summed E-state index contributed by atoms with van der Waals surface area (Å²) in [6, 6.07) is 28.6. The molecule has 1 heterocycles. The minimum atomic E-state index is -4.53. The van der Waals surface area contributed by atoms with Gasteiger partial charge in [-0.3, -0.25) is 4.98 Å². The number of para-hydroxylation sites is 1. The number of hydrogen-bond acceptors (Lipinski definition) is 3. The molecule has 1 aromatic heterocycles. The molecule has 0 aliphatic heterocycles. The van der Waals surface area contributed by atoms with E-state index >= 15 is 0 Å². The smallest absolute Gasteiger partial charge is 0.418 e. The number of aryl methyl sites for hydroxylation is 1. The van der Waals surface area contributed by atoms with E-state index in [2.05, 4.69) is 16.8 Å². The number of rotatable bonds is 6. The SMILES string of the molecule is O=C([O-])CCc1cccc(C#Cc2cccc(-c3c(Cc4ccccc4)cnc4c(C(F)(F)F)cccc34)c2)c1. The molecule has 6 heteroatoms. The molecule has 5 aromatic rings. The van der Waals surface area contributed by atoms with Gasteiger partial charge in [-0.1, -0.05) is 78.6 Å². The third-order valence-corrected chi connectivity index (χ3v) is 6.57. The van der Waals surface area contributed by atoms with Crippen LogP contribution in [0.1, 0.15) is 39.8 Å². The van der Waals surface area contributed by atoms with Crippen LogP contribution in [-0.2, 0) is 23.8 Å². The highest BCUT2D eigenvalue weighted by Gasteiger charge is 2.33. The van der Waals surface area contributed by atoms with Crippen molar-refractivity contribution >= 4 is 16.9 Å². The Morgan fingerprint density at radius 2 is 1.48 bits per heavy atom. The first-order valence-corrected chi connectivity index (χ1v) is 12.7. The van der Waals surface area contributed by atoms with Crippen LogP contribution in [0.5, 0.6) is 0 Å². The Kier molecular flexibility index (Phi) is 7.65. The van der Waals surface area contributed by atoms with E-state index in [1.54, 1.807) is 6.07 Å². The highest BCUT2D eigenvalue weighted by atomic mass is 19.4. The lowest BCUT2D eigenvalue weighted by atomic mass is 9.91. The first kappa shape index (κ1) is 26.7. The van der Waals surface area contributed by atoms with Crippen molar-refractivity contribution in [2.24, 2.45) is 0 Å². The minimum Gasteiger partial charge on any atom is -0.550 e. The monoisotopic (exact) mass is 534 g/mol. The maximum absolute atomic E-state index is 13.9. The maximum atomic E-state index is 13.9. The number of aromatic nitrogens is 1. The Morgan fingerprint density at radius 1 is 0.800 bits per heavy atom. The van der Waals surface area contributed by atoms with Crippen molar-refractivity contribution in [2.75, 3.05) is 0 Å². The number of aliphatic carboxylic acids is 1. The number of pyridine rings is 1. The van der Waals surface area contributed by atoms with Gasteiger partial charge in [0, 0.05) is 28.7 Å². The van der Waals surface area contributed by atoms with E-state index in [1.807, 2.05) is 78.9 Å². The number of halogens is 3. The van der Waals surface area contributed by atoms with Crippen molar-refractivity contribution in [1.29, 1.82) is 0 Å². The maximum Gasteiger partial charge on any atom is 0.418 e. The van der Waals surface area contributed by atoms with E-state index in [4.69, 9.17) is 0 Å². The number of carboxylic acid groups (broad SMARTS) is 1. The summed E-state index contributed by atoms with van der Waals surface area (Å²) in [5, 5.41) is 11.2. The molecule has 0 atom stereocenters. The van der Waals surface area contributed by atoms with Crippen LogP contribution in [0.4, 0.5) is 13.2 Å². The number of carbonyl (C=O) groups excluding carboxylic acids is 1. The lowest BCUT2D eigenvalue weighted by Crippen LogP contribution is -2.22. The summed E-state index contributed by atoms with van der Waals surface area (Å²) in [4.78, 5) is 15.1. The van der Waals surface area contributed by atoms with Gasteiger partial charge in [0.15, 0.2) is 0 Å². The van der Waals surface area contributed by atoms with Gasteiger partial charge in [0.2, 0.25) is 0 Å². The average molecular weight is 535 g/mol. The lowest BCUT2D eigenvalue weighted by molar-refractivity contribution is -0.305. The van der Waals surface area contributed by atoms with Gasteiger partial charge in [-0.05, 0) is 77.4 Å². The molecule has 0 radical (unpaired) electrons. The van der Waals surface area contributed by atoms with Gasteiger partial charge in [0.1, 0.15) is 0 Å². The predicted molar refractivity (Wildman–Crippen MR) is 147 cm³/mol. The van der Waals surface area contributed by atoms with Crippen LogP contribution in [0.15, 0.2) is 103 Å². The zero-order chi connectivity index (χ0) is 28.1.